The van der Waals surface area contributed by atoms with Crippen molar-refractivity contribution >= 4 is 0 Å². The number of benzene rings is 2. The van der Waals surface area contributed by atoms with Crippen LogP contribution in [-0.2, 0) is 6.54 Å². The fraction of sp³-hybridized carbons (Fsp3) is 0.368. The largest absolute Gasteiger partial charge is 0.305 e. The van der Waals surface area contributed by atoms with Crippen LogP contribution in [0.3, 0.4) is 0 Å². The minimum absolute atomic E-state index is 1.05. The third kappa shape index (κ3) is 3.72. The van der Waals surface area contributed by atoms with Gasteiger partial charge in [-0.3, -0.25) is 4.90 Å². The summed E-state index contributed by atoms with van der Waals surface area (Å²) in [6, 6.07) is 19.5. The molecule has 0 amide bonds. The van der Waals surface area contributed by atoms with Gasteiger partial charge < -0.3 is 4.90 Å². The molecule has 0 atom stereocenters. The second kappa shape index (κ2) is 6.88. The Balaban J connectivity index is 1.79. The zero-order valence-electron chi connectivity index (χ0n) is 12.8. The Labute approximate surface area is 128 Å². The summed E-state index contributed by atoms with van der Waals surface area (Å²) < 4.78 is 0. The van der Waals surface area contributed by atoms with E-state index in [1.165, 1.54) is 49.3 Å². The summed E-state index contributed by atoms with van der Waals surface area (Å²) in [5, 5.41) is 0. The van der Waals surface area contributed by atoms with Crippen LogP contribution < -0.4 is 0 Å². The van der Waals surface area contributed by atoms with E-state index in [1.807, 2.05) is 0 Å². The zero-order valence-corrected chi connectivity index (χ0v) is 12.8. The van der Waals surface area contributed by atoms with Gasteiger partial charge in [0.05, 0.1) is 0 Å². The summed E-state index contributed by atoms with van der Waals surface area (Å²) in [5.74, 6) is 0. The molecule has 0 spiro atoms. The molecule has 0 N–H and O–H groups in total. The maximum absolute atomic E-state index is 2.59. The molecule has 1 aliphatic heterocycles. The Bertz CT molecular complexity index is 565. The summed E-state index contributed by atoms with van der Waals surface area (Å²) in [5.41, 5.74) is 4.13. The van der Waals surface area contributed by atoms with E-state index >= 15 is 0 Å². The Morgan fingerprint density at radius 2 is 1.57 bits per heavy atom. The molecule has 0 radical (unpaired) electrons. The molecule has 2 nitrogen and oxygen atoms in total. The van der Waals surface area contributed by atoms with Crippen molar-refractivity contribution in [1.29, 1.82) is 0 Å². The molecule has 1 saturated heterocycles. The van der Waals surface area contributed by atoms with Gasteiger partial charge in [-0.25, -0.2) is 0 Å². The van der Waals surface area contributed by atoms with E-state index in [4.69, 9.17) is 0 Å². The first-order valence-electron chi connectivity index (χ1n) is 7.87. The van der Waals surface area contributed by atoms with Crippen LogP contribution in [0.4, 0.5) is 0 Å². The van der Waals surface area contributed by atoms with Crippen LogP contribution in [0.5, 0.6) is 0 Å². The normalized spacial score (nSPS) is 17.6. The summed E-state index contributed by atoms with van der Waals surface area (Å²) in [7, 11) is 2.22. The molecular formula is C19H24N2. The zero-order chi connectivity index (χ0) is 14.5. The SMILES string of the molecule is CN1CCCN(Cc2ccccc2-c2ccccc2)CC1. The molecule has 1 heterocycles. The van der Waals surface area contributed by atoms with Crippen molar-refractivity contribution in [3.63, 3.8) is 0 Å². The molecule has 110 valence electrons. The minimum Gasteiger partial charge on any atom is -0.305 e. The van der Waals surface area contributed by atoms with E-state index in [0.717, 1.165) is 6.54 Å². The molecule has 2 aromatic rings. The lowest BCUT2D eigenvalue weighted by molar-refractivity contribution is 0.269. The van der Waals surface area contributed by atoms with Crippen LogP contribution in [0.15, 0.2) is 54.6 Å². The van der Waals surface area contributed by atoms with Gasteiger partial charge in [-0.1, -0.05) is 54.6 Å². The monoisotopic (exact) mass is 280 g/mol. The van der Waals surface area contributed by atoms with Crippen LogP contribution in [0.2, 0.25) is 0 Å². The number of rotatable bonds is 3. The van der Waals surface area contributed by atoms with Gasteiger partial charge in [0.25, 0.3) is 0 Å². The molecule has 0 unspecified atom stereocenters. The summed E-state index contributed by atoms with van der Waals surface area (Å²) >= 11 is 0. The number of hydrogen-bond acceptors (Lipinski definition) is 2. The highest BCUT2D eigenvalue weighted by Gasteiger charge is 2.14. The van der Waals surface area contributed by atoms with Gasteiger partial charge in [0.15, 0.2) is 0 Å². The van der Waals surface area contributed by atoms with Gasteiger partial charge in [0.1, 0.15) is 0 Å². The van der Waals surface area contributed by atoms with Crippen molar-refractivity contribution in [1.82, 2.24) is 9.80 Å². The summed E-state index contributed by atoms with van der Waals surface area (Å²) in [6.45, 7) is 5.82. The average molecular weight is 280 g/mol. The second-order valence-corrected chi connectivity index (χ2v) is 5.96. The van der Waals surface area contributed by atoms with E-state index in [9.17, 15) is 0 Å². The fourth-order valence-electron chi connectivity index (χ4n) is 3.06. The van der Waals surface area contributed by atoms with Gasteiger partial charge in [0, 0.05) is 19.6 Å². The van der Waals surface area contributed by atoms with Crippen molar-refractivity contribution < 1.29 is 0 Å². The van der Waals surface area contributed by atoms with E-state index < -0.39 is 0 Å². The maximum Gasteiger partial charge on any atom is 0.0240 e. The van der Waals surface area contributed by atoms with Crippen molar-refractivity contribution in [3.05, 3.63) is 60.2 Å². The lowest BCUT2D eigenvalue weighted by Crippen LogP contribution is -2.28. The fourth-order valence-corrected chi connectivity index (χ4v) is 3.06. The lowest BCUT2D eigenvalue weighted by atomic mass is 9.99. The summed E-state index contributed by atoms with van der Waals surface area (Å²) in [4.78, 5) is 5.02. The molecule has 21 heavy (non-hydrogen) atoms. The standard InChI is InChI=1S/C19H24N2/c1-20-12-7-13-21(15-14-20)16-18-10-5-6-11-19(18)17-8-3-2-4-9-17/h2-6,8-11H,7,12-16H2,1H3. The van der Waals surface area contributed by atoms with E-state index in [-0.39, 0.29) is 0 Å². The molecule has 1 aliphatic rings. The maximum atomic E-state index is 2.59. The van der Waals surface area contributed by atoms with Crippen molar-refractivity contribution in [3.8, 4) is 11.1 Å². The number of hydrogen-bond donors (Lipinski definition) is 0. The van der Waals surface area contributed by atoms with E-state index in [0.29, 0.717) is 0 Å². The first-order valence-corrected chi connectivity index (χ1v) is 7.87. The molecule has 0 aliphatic carbocycles. The van der Waals surface area contributed by atoms with Gasteiger partial charge in [-0.15, -0.1) is 0 Å². The quantitative estimate of drug-likeness (QED) is 0.849. The second-order valence-electron chi connectivity index (χ2n) is 5.96. The van der Waals surface area contributed by atoms with Crippen LogP contribution >= 0.6 is 0 Å². The Morgan fingerprint density at radius 1 is 0.810 bits per heavy atom. The Morgan fingerprint density at radius 3 is 2.43 bits per heavy atom. The van der Waals surface area contributed by atoms with E-state index in [2.05, 4.69) is 71.4 Å². The highest BCUT2D eigenvalue weighted by atomic mass is 15.2. The molecule has 1 fully saturated rings. The Hall–Kier alpha value is -1.64. The van der Waals surface area contributed by atoms with Crippen LogP contribution in [0, 0.1) is 0 Å². The highest BCUT2D eigenvalue weighted by Crippen LogP contribution is 2.24. The number of likely N-dealkylation sites (N-methyl/N-ethyl adjacent to an activating group) is 1. The van der Waals surface area contributed by atoms with Crippen molar-refractivity contribution in [2.45, 2.75) is 13.0 Å². The van der Waals surface area contributed by atoms with Crippen molar-refractivity contribution in [2.24, 2.45) is 0 Å². The molecular weight excluding hydrogens is 256 g/mol. The van der Waals surface area contributed by atoms with Crippen molar-refractivity contribution in [2.75, 3.05) is 33.2 Å². The predicted molar refractivity (Wildman–Crippen MR) is 89.3 cm³/mol. The smallest absolute Gasteiger partial charge is 0.0240 e. The van der Waals surface area contributed by atoms with Gasteiger partial charge in [-0.2, -0.15) is 0 Å². The first kappa shape index (κ1) is 14.3. The molecule has 2 heteroatoms. The minimum atomic E-state index is 1.05. The molecule has 0 aromatic heterocycles. The first-order chi connectivity index (χ1) is 10.3. The van der Waals surface area contributed by atoms with Gasteiger partial charge in [0.2, 0.25) is 0 Å². The van der Waals surface area contributed by atoms with Crippen LogP contribution in [-0.4, -0.2) is 43.0 Å². The summed E-state index contributed by atoms with van der Waals surface area (Å²) in [6.07, 6.45) is 1.27. The van der Waals surface area contributed by atoms with Crippen LogP contribution in [0.1, 0.15) is 12.0 Å². The number of nitrogens with zero attached hydrogens (tertiary/aromatic N) is 2. The third-order valence-electron chi connectivity index (χ3n) is 4.31. The molecule has 2 aromatic carbocycles. The van der Waals surface area contributed by atoms with Crippen LogP contribution in [0.25, 0.3) is 11.1 Å². The molecule has 0 bridgehead atoms. The van der Waals surface area contributed by atoms with Gasteiger partial charge >= 0.3 is 0 Å². The third-order valence-corrected chi connectivity index (χ3v) is 4.31. The Kier molecular flexibility index (Phi) is 4.69. The topological polar surface area (TPSA) is 6.48 Å². The molecule has 3 rings (SSSR count). The molecule has 0 saturated carbocycles. The average Bonchev–Trinajstić information content (AvgIpc) is 2.73. The van der Waals surface area contributed by atoms with E-state index in [1.54, 1.807) is 0 Å². The van der Waals surface area contributed by atoms with Gasteiger partial charge in [-0.05, 0) is 43.2 Å². The lowest BCUT2D eigenvalue weighted by Gasteiger charge is -2.22. The predicted octanol–water partition coefficient (Wildman–Crippen LogP) is 3.49. The highest BCUT2D eigenvalue weighted by molar-refractivity contribution is 5.67.